The van der Waals surface area contributed by atoms with Gasteiger partial charge in [0.1, 0.15) is 10.6 Å². The van der Waals surface area contributed by atoms with E-state index in [9.17, 15) is 18.3 Å². The molecule has 1 atom stereocenters. The minimum Gasteiger partial charge on any atom is -0.496 e. The number of likely N-dealkylation sites (N-methyl/N-ethyl adjacent to an activating group) is 1. The number of carboxylic acids is 1. The lowest BCUT2D eigenvalue weighted by Crippen LogP contribution is -2.38. The highest BCUT2D eigenvalue weighted by molar-refractivity contribution is 7.89. The van der Waals surface area contributed by atoms with Crippen LogP contribution >= 0.6 is 0 Å². The molecule has 1 aliphatic heterocycles. The largest absolute Gasteiger partial charge is 0.496 e. The van der Waals surface area contributed by atoms with Gasteiger partial charge in [-0.25, -0.2) is 13.2 Å². The molecule has 7 nitrogen and oxygen atoms in total. The van der Waals surface area contributed by atoms with E-state index in [1.54, 1.807) is 31.3 Å². The molecule has 0 saturated carbocycles. The van der Waals surface area contributed by atoms with E-state index in [0.717, 1.165) is 5.69 Å². The number of para-hydroxylation sites is 1. The van der Waals surface area contributed by atoms with Crippen molar-refractivity contribution in [3.63, 3.8) is 0 Å². The monoisotopic (exact) mass is 452 g/mol. The molecule has 1 N–H and O–H groups in total. The van der Waals surface area contributed by atoms with Crippen LogP contribution in [0.4, 0.5) is 11.4 Å². The number of hydrogen-bond donors (Lipinski definition) is 1. The Morgan fingerprint density at radius 2 is 1.78 bits per heavy atom. The van der Waals surface area contributed by atoms with E-state index in [2.05, 4.69) is 0 Å². The van der Waals surface area contributed by atoms with Gasteiger partial charge in [-0.15, -0.1) is 0 Å². The minimum absolute atomic E-state index is 0.110. The number of anilines is 2. The average Bonchev–Trinajstić information content (AvgIpc) is 2.87. The van der Waals surface area contributed by atoms with Crippen LogP contribution < -0.4 is 9.64 Å². The maximum atomic E-state index is 13.5. The molecule has 3 aromatic carbocycles. The Labute approximate surface area is 187 Å². The van der Waals surface area contributed by atoms with Crippen molar-refractivity contribution >= 4 is 27.4 Å². The lowest BCUT2D eigenvalue weighted by molar-refractivity contribution is 0.0697. The summed E-state index contributed by atoms with van der Waals surface area (Å²) in [5.41, 5.74) is 2.56. The number of rotatable bonds is 4. The third kappa shape index (κ3) is 3.72. The number of carboxylic acid groups (broad SMARTS) is 1. The second-order valence-electron chi connectivity index (χ2n) is 7.72. The number of hydrogen-bond acceptors (Lipinski definition) is 5. The smallest absolute Gasteiger partial charge is 0.335 e. The Morgan fingerprint density at radius 3 is 2.44 bits per heavy atom. The van der Waals surface area contributed by atoms with Gasteiger partial charge in [0, 0.05) is 37.0 Å². The van der Waals surface area contributed by atoms with Crippen molar-refractivity contribution in [2.24, 2.45) is 0 Å². The van der Waals surface area contributed by atoms with Gasteiger partial charge in [-0.05, 0) is 42.8 Å². The Morgan fingerprint density at radius 1 is 1.06 bits per heavy atom. The highest BCUT2D eigenvalue weighted by Gasteiger charge is 2.36. The van der Waals surface area contributed by atoms with Crippen LogP contribution in [0.5, 0.6) is 5.75 Å². The van der Waals surface area contributed by atoms with Crippen LogP contribution in [0.1, 0.15) is 17.3 Å². The topological polar surface area (TPSA) is 87.1 Å². The van der Waals surface area contributed by atoms with Gasteiger partial charge in [-0.2, -0.15) is 4.31 Å². The number of methoxy groups -OCH3 is 1. The average molecular weight is 453 g/mol. The standard InChI is InChI=1S/C24H24N2O5S/c1-16-15-26(19-10-5-4-6-11-19)21-14-22(31-3)20(13-23(21)32(29,30)25(16)2)17-8-7-9-18(12-17)24(27)28/h4-14,16H,15H2,1-3H3,(H,27,28). The third-order valence-electron chi connectivity index (χ3n) is 5.78. The van der Waals surface area contributed by atoms with E-state index in [1.165, 1.54) is 23.5 Å². The van der Waals surface area contributed by atoms with E-state index in [-0.39, 0.29) is 16.5 Å². The fourth-order valence-electron chi connectivity index (χ4n) is 3.90. The van der Waals surface area contributed by atoms with Gasteiger partial charge in [0.15, 0.2) is 0 Å². The van der Waals surface area contributed by atoms with Crippen molar-refractivity contribution in [1.29, 1.82) is 0 Å². The van der Waals surface area contributed by atoms with Gasteiger partial charge in [0.05, 0.1) is 18.4 Å². The summed E-state index contributed by atoms with van der Waals surface area (Å²) in [5.74, 6) is -0.600. The molecule has 1 aliphatic rings. The third-order valence-corrected chi connectivity index (χ3v) is 7.79. The fraction of sp³-hybridized carbons (Fsp3) is 0.208. The first-order valence-electron chi connectivity index (χ1n) is 10.1. The van der Waals surface area contributed by atoms with Crippen LogP contribution in [0.25, 0.3) is 11.1 Å². The van der Waals surface area contributed by atoms with E-state index in [0.29, 0.717) is 29.1 Å². The van der Waals surface area contributed by atoms with Crippen molar-refractivity contribution < 1.29 is 23.1 Å². The molecular formula is C24H24N2O5S. The maximum absolute atomic E-state index is 13.5. The zero-order valence-corrected chi connectivity index (χ0v) is 18.8. The highest BCUT2D eigenvalue weighted by atomic mass is 32.2. The summed E-state index contributed by atoms with van der Waals surface area (Å²) in [6.07, 6.45) is 0. The number of ether oxygens (including phenoxy) is 1. The second-order valence-corrected chi connectivity index (χ2v) is 9.69. The minimum atomic E-state index is -3.81. The van der Waals surface area contributed by atoms with Gasteiger partial charge < -0.3 is 14.7 Å². The Kier molecular flexibility index (Phi) is 5.66. The van der Waals surface area contributed by atoms with Crippen LogP contribution in [0, 0.1) is 0 Å². The van der Waals surface area contributed by atoms with E-state index in [1.807, 2.05) is 42.2 Å². The zero-order valence-electron chi connectivity index (χ0n) is 18.0. The molecule has 0 fully saturated rings. The van der Waals surface area contributed by atoms with Crippen LogP contribution in [0.3, 0.4) is 0 Å². The first kappa shape index (κ1) is 21.9. The van der Waals surface area contributed by atoms with Gasteiger partial charge in [-0.1, -0.05) is 30.3 Å². The molecule has 0 spiro atoms. The number of aromatic carboxylic acids is 1. The van der Waals surface area contributed by atoms with Gasteiger partial charge in [-0.3, -0.25) is 0 Å². The van der Waals surface area contributed by atoms with Crippen LogP contribution in [-0.4, -0.2) is 50.5 Å². The molecule has 8 heteroatoms. The molecule has 0 aromatic heterocycles. The number of fused-ring (bicyclic) bond motifs is 1. The number of carbonyl (C=O) groups is 1. The normalized spacial score (nSPS) is 18.0. The molecule has 4 rings (SSSR count). The maximum Gasteiger partial charge on any atom is 0.335 e. The molecule has 0 radical (unpaired) electrons. The van der Waals surface area contributed by atoms with Crippen LogP contribution in [0.15, 0.2) is 71.6 Å². The molecule has 1 heterocycles. The lowest BCUT2D eigenvalue weighted by Gasteiger charge is -2.27. The molecule has 166 valence electrons. The second kappa shape index (κ2) is 8.29. The summed E-state index contributed by atoms with van der Waals surface area (Å²) in [5, 5.41) is 9.38. The quantitative estimate of drug-likeness (QED) is 0.638. The van der Waals surface area contributed by atoms with E-state index in [4.69, 9.17) is 4.74 Å². The molecule has 1 unspecified atom stereocenters. The first-order valence-corrected chi connectivity index (χ1v) is 11.5. The summed E-state index contributed by atoms with van der Waals surface area (Å²) in [6, 6.07) is 19.0. The summed E-state index contributed by atoms with van der Waals surface area (Å²) < 4.78 is 34.1. The highest BCUT2D eigenvalue weighted by Crippen LogP contribution is 2.43. The Balaban J connectivity index is 2.01. The molecule has 0 aliphatic carbocycles. The first-order chi connectivity index (χ1) is 15.2. The molecular weight excluding hydrogens is 428 g/mol. The van der Waals surface area contributed by atoms with Gasteiger partial charge in [0.25, 0.3) is 0 Å². The van der Waals surface area contributed by atoms with Crippen molar-refractivity contribution in [1.82, 2.24) is 4.31 Å². The van der Waals surface area contributed by atoms with Gasteiger partial charge >= 0.3 is 5.97 Å². The van der Waals surface area contributed by atoms with E-state index >= 15 is 0 Å². The van der Waals surface area contributed by atoms with Crippen LogP contribution in [0.2, 0.25) is 0 Å². The van der Waals surface area contributed by atoms with Crippen molar-refractivity contribution in [3.8, 4) is 16.9 Å². The van der Waals surface area contributed by atoms with Gasteiger partial charge in [0.2, 0.25) is 10.0 Å². The van der Waals surface area contributed by atoms with Crippen molar-refractivity contribution in [3.05, 3.63) is 72.3 Å². The number of nitrogens with zero attached hydrogens (tertiary/aromatic N) is 2. The molecule has 0 bridgehead atoms. The van der Waals surface area contributed by atoms with E-state index < -0.39 is 16.0 Å². The SMILES string of the molecule is COc1cc2c(cc1-c1cccc(C(=O)O)c1)S(=O)(=O)N(C)C(C)CN2c1ccccc1. The fourth-order valence-corrected chi connectivity index (χ4v) is 5.45. The molecule has 32 heavy (non-hydrogen) atoms. The van der Waals surface area contributed by atoms with Crippen molar-refractivity contribution in [2.75, 3.05) is 25.6 Å². The Bertz CT molecular complexity index is 1270. The molecule has 0 amide bonds. The predicted molar refractivity (Wildman–Crippen MR) is 123 cm³/mol. The number of sulfonamides is 1. The lowest BCUT2D eigenvalue weighted by atomic mass is 10.0. The summed E-state index contributed by atoms with van der Waals surface area (Å²) in [7, 11) is -0.720. The molecule has 3 aromatic rings. The molecule has 0 saturated heterocycles. The number of benzene rings is 3. The Hall–Kier alpha value is -3.36. The summed E-state index contributed by atoms with van der Waals surface area (Å²) in [4.78, 5) is 13.6. The zero-order chi connectivity index (χ0) is 23.0. The van der Waals surface area contributed by atoms with Crippen molar-refractivity contribution in [2.45, 2.75) is 17.9 Å². The summed E-state index contributed by atoms with van der Waals surface area (Å²) >= 11 is 0. The van der Waals surface area contributed by atoms with Crippen LogP contribution in [-0.2, 0) is 10.0 Å². The summed E-state index contributed by atoms with van der Waals surface area (Å²) in [6.45, 7) is 2.33. The predicted octanol–water partition coefficient (Wildman–Crippen LogP) is 4.22.